The van der Waals surface area contributed by atoms with E-state index in [1.165, 1.54) is 0 Å². The number of anilines is 1. The van der Waals surface area contributed by atoms with Crippen molar-refractivity contribution in [2.75, 3.05) is 19.0 Å². The Labute approximate surface area is 99.6 Å². The summed E-state index contributed by atoms with van der Waals surface area (Å²) in [7, 11) is 3.64. The third kappa shape index (κ3) is 2.25. The lowest BCUT2D eigenvalue weighted by Crippen LogP contribution is -2.17. The van der Waals surface area contributed by atoms with Crippen LogP contribution in [0.5, 0.6) is 0 Å². The van der Waals surface area contributed by atoms with E-state index in [1.807, 2.05) is 14.1 Å². The Morgan fingerprint density at radius 2 is 2.18 bits per heavy atom. The van der Waals surface area contributed by atoms with Crippen molar-refractivity contribution in [3.63, 3.8) is 0 Å². The van der Waals surface area contributed by atoms with Crippen molar-refractivity contribution in [1.29, 1.82) is 0 Å². The fraction of sp³-hybridized carbons (Fsp3) is 0.727. The average Bonchev–Trinajstić information content (AvgIpc) is 2.82. The Kier molecular flexibility index (Phi) is 3.04. The first-order valence-electron chi connectivity index (χ1n) is 5.72. The highest BCUT2D eigenvalue weighted by molar-refractivity contribution is 5.71. The molecule has 1 aliphatic rings. The average molecular weight is 239 g/mol. The zero-order chi connectivity index (χ0) is 12.6. The lowest BCUT2D eigenvalue weighted by molar-refractivity contribution is -0.142. The molecule has 3 unspecified atom stereocenters. The van der Waals surface area contributed by atoms with Crippen molar-refractivity contribution in [2.24, 2.45) is 11.8 Å². The summed E-state index contributed by atoms with van der Waals surface area (Å²) in [4.78, 5) is 17.2. The quantitative estimate of drug-likeness (QED) is 0.857. The zero-order valence-electron chi connectivity index (χ0n) is 10.3. The molecule has 6 heteroatoms. The van der Waals surface area contributed by atoms with Gasteiger partial charge in [0.15, 0.2) is 0 Å². The first-order valence-corrected chi connectivity index (χ1v) is 5.72. The van der Waals surface area contributed by atoms with Crippen LogP contribution in [0.4, 0.5) is 5.95 Å². The van der Waals surface area contributed by atoms with Gasteiger partial charge in [-0.15, -0.1) is 0 Å². The summed E-state index contributed by atoms with van der Waals surface area (Å²) < 4.78 is 5.17. The highest BCUT2D eigenvalue weighted by Gasteiger charge is 2.41. The highest BCUT2D eigenvalue weighted by Crippen LogP contribution is 2.42. The first-order chi connectivity index (χ1) is 7.99. The molecule has 0 aliphatic heterocycles. The predicted octanol–water partition coefficient (Wildman–Crippen LogP) is 1.35. The molecule has 94 valence electrons. The van der Waals surface area contributed by atoms with Gasteiger partial charge in [0.25, 0.3) is 5.95 Å². The predicted molar refractivity (Wildman–Crippen MR) is 60.9 cm³/mol. The number of aliphatic carboxylic acids is 1. The van der Waals surface area contributed by atoms with E-state index in [0.717, 1.165) is 6.42 Å². The van der Waals surface area contributed by atoms with Gasteiger partial charge in [-0.05, 0) is 23.9 Å². The van der Waals surface area contributed by atoms with E-state index in [-0.39, 0.29) is 5.92 Å². The van der Waals surface area contributed by atoms with Gasteiger partial charge in [0, 0.05) is 14.1 Å². The number of rotatable bonds is 3. The van der Waals surface area contributed by atoms with Gasteiger partial charge in [0.05, 0.1) is 11.8 Å². The molecule has 3 atom stereocenters. The molecule has 1 heterocycles. The summed E-state index contributed by atoms with van der Waals surface area (Å²) in [6.07, 6.45) is 1.48. The summed E-state index contributed by atoms with van der Waals surface area (Å²) in [5, 5.41) is 13.0. The Bertz CT molecular complexity index is 416. The molecule has 0 bridgehead atoms. The van der Waals surface area contributed by atoms with Gasteiger partial charge >= 0.3 is 5.97 Å². The molecule has 1 aliphatic carbocycles. The maximum absolute atomic E-state index is 11.2. The zero-order valence-corrected chi connectivity index (χ0v) is 10.3. The Balaban J connectivity index is 2.22. The maximum Gasteiger partial charge on any atom is 0.307 e. The molecule has 2 rings (SSSR count). The molecular weight excluding hydrogens is 222 g/mol. The van der Waals surface area contributed by atoms with Crippen LogP contribution in [0.15, 0.2) is 4.52 Å². The molecule has 1 fully saturated rings. The van der Waals surface area contributed by atoms with Crippen LogP contribution in [0.1, 0.15) is 31.6 Å². The van der Waals surface area contributed by atoms with Crippen LogP contribution in [0.25, 0.3) is 0 Å². The van der Waals surface area contributed by atoms with Gasteiger partial charge in [-0.25, -0.2) is 0 Å². The number of carbonyl (C=O) groups is 1. The van der Waals surface area contributed by atoms with Crippen molar-refractivity contribution >= 4 is 11.9 Å². The fourth-order valence-electron chi connectivity index (χ4n) is 2.40. The van der Waals surface area contributed by atoms with E-state index in [0.29, 0.717) is 24.2 Å². The van der Waals surface area contributed by atoms with Crippen LogP contribution < -0.4 is 4.90 Å². The second-order valence-electron chi connectivity index (χ2n) is 4.95. The SMILES string of the molecule is CC1CC(C(=O)O)C(c2nc(N(C)C)no2)C1. The number of aromatic nitrogens is 2. The van der Waals surface area contributed by atoms with Crippen LogP contribution >= 0.6 is 0 Å². The summed E-state index contributed by atoms with van der Waals surface area (Å²) in [5.41, 5.74) is 0. The first kappa shape index (κ1) is 11.9. The smallest absolute Gasteiger partial charge is 0.307 e. The molecule has 0 aromatic carbocycles. The molecule has 1 saturated carbocycles. The summed E-state index contributed by atoms with van der Waals surface area (Å²) in [6.45, 7) is 2.05. The third-order valence-corrected chi connectivity index (χ3v) is 3.26. The molecule has 1 aromatic heterocycles. The minimum atomic E-state index is -0.774. The van der Waals surface area contributed by atoms with Gasteiger partial charge < -0.3 is 14.5 Å². The van der Waals surface area contributed by atoms with Gasteiger partial charge in [-0.3, -0.25) is 4.79 Å². The Morgan fingerprint density at radius 1 is 1.47 bits per heavy atom. The van der Waals surface area contributed by atoms with Crippen molar-refractivity contribution in [1.82, 2.24) is 10.1 Å². The lowest BCUT2D eigenvalue weighted by Gasteiger charge is -2.10. The standard InChI is InChI=1S/C11H17N3O3/c1-6-4-7(8(5-6)10(15)16)9-12-11(13-17-9)14(2)3/h6-8H,4-5H2,1-3H3,(H,15,16). The van der Waals surface area contributed by atoms with E-state index in [1.54, 1.807) is 4.90 Å². The fourth-order valence-corrected chi connectivity index (χ4v) is 2.40. The number of nitrogens with zero attached hydrogens (tertiary/aromatic N) is 3. The van der Waals surface area contributed by atoms with Crippen molar-refractivity contribution in [3.05, 3.63) is 5.89 Å². The topological polar surface area (TPSA) is 79.5 Å². The largest absolute Gasteiger partial charge is 0.481 e. The molecule has 6 nitrogen and oxygen atoms in total. The molecule has 17 heavy (non-hydrogen) atoms. The van der Waals surface area contributed by atoms with Gasteiger partial charge in [-0.1, -0.05) is 6.92 Å². The molecule has 1 N–H and O–H groups in total. The monoisotopic (exact) mass is 239 g/mol. The van der Waals surface area contributed by atoms with E-state index in [9.17, 15) is 9.90 Å². The summed E-state index contributed by atoms with van der Waals surface area (Å²) in [5.74, 6) is -0.00179. The second-order valence-corrected chi connectivity index (χ2v) is 4.95. The van der Waals surface area contributed by atoms with E-state index >= 15 is 0 Å². The highest BCUT2D eigenvalue weighted by atomic mass is 16.5. The molecular formula is C11H17N3O3. The Hall–Kier alpha value is -1.59. The normalized spacial score (nSPS) is 28.3. The minimum absolute atomic E-state index is 0.149. The van der Waals surface area contributed by atoms with Crippen molar-refractivity contribution in [3.8, 4) is 0 Å². The summed E-state index contributed by atoms with van der Waals surface area (Å²) >= 11 is 0. The van der Waals surface area contributed by atoms with E-state index < -0.39 is 11.9 Å². The van der Waals surface area contributed by atoms with Gasteiger partial charge in [0.1, 0.15) is 0 Å². The third-order valence-electron chi connectivity index (χ3n) is 3.26. The van der Waals surface area contributed by atoms with Crippen LogP contribution in [0.3, 0.4) is 0 Å². The number of carboxylic acids is 1. The molecule has 0 spiro atoms. The lowest BCUT2D eigenvalue weighted by atomic mass is 9.96. The molecule has 0 radical (unpaired) electrons. The number of carboxylic acid groups (broad SMARTS) is 1. The molecule has 1 aromatic rings. The van der Waals surface area contributed by atoms with Crippen molar-refractivity contribution < 1.29 is 14.4 Å². The number of hydrogen-bond donors (Lipinski definition) is 1. The van der Waals surface area contributed by atoms with Crippen LogP contribution in [0, 0.1) is 11.8 Å². The van der Waals surface area contributed by atoms with Gasteiger partial charge in [0.2, 0.25) is 5.89 Å². The number of hydrogen-bond acceptors (Lipinski definition) is 5. The van der Waals surface area contributed by atoms with Crippen molar-refractivity contribution in [2.45, 2.75) is 25.7 Å². The van der Waals surface area contributed by atoms with Crippen LogP contribution in [0.2, 0.25) is 0 Å². The van der Waals surface area contributed by atoms with E-state index in [2.05, 4.69) is 17.1 Å². The van der Waals surface area contributed by atoms with Crippen LogP contribution in [-0.2, 0) is 4.79 Å². The summed E-state index contributed by atoms with van der Waals surface area (Å²) in [6, 6.07) is 0. The second kappa shape index (κ2) is 4.35. The van der Waals surface area contributed by atoms with Crippen LogP contribution in [-0.4, -0.2) is 35.3 Å². The Morgan fingerprint density at radius 3 is 2.71 bits per heavy atom. The maximum atomic E-state index is 11.2. The molecule has 0 saturated heterocycles. The van der Waals surface area contributed by atoms with E-state index in [4.69, 9.17) is 4.52 Å². The molecule has 0 amide bonds. The minimum Gasteiger partial charge on any atom is -0.481 e. The van der Waals surface area contributed by atoms with Gasteiger partial charge in [-0.2, -0.15) is 4.98 Å².